The number of anilines is 1. The summed E-state index contributed by atoms with van der Waals surface area (Å²) in [6.07, 6.45) is 4.84. The van der Waals surface area contributed by atoms with Crippen LogP contribution in [0.4, 0.5) is 5.69 Å². The number of amides is 1. The Morgan fingerprint density at radius 3 is 2.55 bits per heavy atom. The molecule has 1 fully saturated rings. The number of aliphatic hydroxyl groups excluding tert-OH is 1. The van der Waals surface area contributed by atoms with Gasteiger partial charge in [0.1, 0.15) is 28.1 Å². The van der Waals surface area contributed by atoms with Crippen LogP contribution >= 0.6 is 11.6 Å². The molecule has 1 aliphatic carbocycles. The van der Waals surface area contributed by atoms with E-state index in [1.807, 2.05) is 24.3 Å². The van der Waals surface area contributed by atoms with E-state index in [2.05, 4.69) is 22.0 Å². The molecule has 0 radical (unpaired) electrons. The van der Waals surface area contributed by atoms with Crippen molar-refractivity contribution in [3.63, 3.8) is 0 Å². The SMILES string of the molecule is COc1ccc(Cl)cc1S(=O)(=O)NC1c2cc(C(=O)Nc3ccccc3CN(C)C3CCCCC3)ccc2OC(C)(C)C1O. The van der Waals surface area contributed by atoms with Crippen LogP contribution in [0.5, 0.6) is 11.5 Å². The molecule has 2 unspecified atom stereocenters. The number of sulfonamides is 1. The molecule has 11 heteroatoms. The fourth-order valence-electron chi connectivity index (χ4n) is 6.05. The third-order valence-corrected chi connectivity index (χ3v) is 10.3. The van der Waals surface area contributed by atoms with E-state index >= 15 is 0 Å². The molecule has 5 rings (SSSR count). The first kappa shape index (κ1) is 32.2. The first-order valence-electron chi connectivity index (χ1n) is 14.9. The maximum absolute atomic E-state index is 13.6. The number of para-hydroxylation sites is 1. The summed E-state index contributed by atoms with van der Waals surface area (Å²) in [6.45, 7) is 4.05. The van der Waals surface area contributed by atoms with Crippen LogP contribution in [0.15, 0.2) is 65.6 Å². The van der Waals surface area contributed by atoms with Crippen LogP contribution in [0.1, 0.15) is 73.5 Å². The minimum atomic E-state index is -4.24. The Labute approximate surface area is 264 Å². The second-order valence-electron chi connectivity index (χ2n) is 12.1. The molecular formula is C33H40ClN3O6S. The third kappa shape index (κ3) is 6.89. The van der Waals surface area contributed by atoms with Gasteiger partial charge in [-0.3, -0.25) is 9.69 Å². The topological polar surface area (TPSA) is 117 Å². The Balaban J connectivity index is 1.42. The number of carbonyl (C=O) groups is 1. The lowest BCUT2D eigenvalue weighted by Crippen LogP contribution is -2.53. The van der Waals surface area contributed by atoms with Crippen molar-refractivity contribution in [2.45, 2.75) is 81.2 Å². The Bertz CT molecular complexity index is 1620. The number of nitrogens with one attached hydrogen (secondary N) is 2. The second-order valence-corrected chi connectivity index (χ2v) is 14.2. The van der Waals surface area contributed by atoms with Crippen LogP contribution in [0.25, 0.3) is 0 Å². The third-order valence-electron chi connectivity index (χ3n) is 8.59. The molecule has 0 bridgehead atoms. The van der Waals surface area contributed by atoms with Gasteiger partial charge in [0.25, 0.3) is 5.91 Å². The molecule has 0 saturated heterocycles. The zero-order chi connectivity index (χ0) is 31.6. The molecule has 2 aliphatic rings. The van der Waals surface area contributed by atoms with Gasteiger partial charge in [0.2, 0.25) is 10.0 Å². The van der Waals surface area contributed by atoms with Gasteiger partial charge in [0.15, 0.2) is 0 Å². The van der Waals surface area contributed by atoms with Gasteiger partial charge in [-0.2, -0.15) is 0 Å². The predicted octanol–water partition coefficient (Wildman–Crippen LogP) is 5.92. The molecule has 0 spiro atoms. The smallest absolute Gasteiger partial charge is 0.255 e. The van der Waals surface area contributed by atoms with Crippen molar-refractivity contribution in [3.8, 4) is 11.5 Å². The van der Waals surface area contributed by atoms with Crippen LogP contribution in [0.2, 0.25) is 5.02 Å². The molecule has 2 atom stereocenters. The van der Waals surface area contributed by atoms with Gasteiger partial charge in [-0.1, -0.05) is 49.1 Å². The number of nitrogens with zero attached hydrogens (tertiary/aromatic N) is 1. The lowest BCUT2D eigenvalue weighted by atomic mass is 9.86. The van der Waals surface area contributed by atoms with E-state index < -0.39 is 27.8 Å². The number of aliphatic hydroxyl groups is 1. The molecule has 3 aromatic carbocycles. The average molecular weight is 642 g/mol. The Hall–Kier alpha value is -3.15. The molecule has 1 saturated carbocycles. The fourth-order valence-corrected chi connectivity index (χ4v) is 7.71. The largest absolute Gasteiger partial charge is 0.495 e. The van der Waals surface area contributed by atoms with Gasteiger partial charge in [-0.05, 0) is 81.8 Å². The second kappa shape index (κ2) is 13.1. The first-order valence-corrected chi connectivity index (χ1v) is 16.7. The summed E-state index contributed by atoms with van der Waals surface area (Å²) in [6, 6.07) is 16.2. The van der Waals surface area contributed by atoms with Gasteiger partial charge in [-0.25, -0.2) is 13.1 Å². The maximum Gasteiger partial charge on any atom is 0.255 e. The summed E-state index contributed by atoms with van der Waals surface area (Å²) >= 11 is 6.11. The van der Waals surface area contributed by atoms with Crippen molar-refractivity contribution < 1.29 is 27.8 Å². The molecule has 1 heterocycles. The highest BCUT2D eigenvalue weighted by Gasteiger charge is 2.45. The first-order chi connectivity index (χ1) is 20.9. The van der Waals surface area contributed by atoms with E-state index in [9.17, 15) is 18.3 Å². The monoisotopic (exact) mass is 641 g/mol. The number of halogens is 1. The van der Waals surface area contributed by atoms with Crippen molar-refractivity contribution in [1.82, 2.24) is 9.62 Å². The Morgan fingerprint density at radius 2 is 1.82 bits per heavy atom. The number of fused-ring (bicyclic) bond motifs is 1. The quantitative estimate of drug-likeness (QED) is 0.266. The van der Waals surface area contributed by atoms with Gasteiger partial charge in [0.05, 0.1) is 13.2 Å². The number of carbonyl (C=O) groups excluding carboxylic acids is 1. The standard InChI is InChI=1S/C33H40ClN3O6S/c1-33(2)31(38)30(36-44(40,41)29-19-23(34)15-17-28(29)42-4)25-18-21(14-16-27(25)43-33)32(39)35-26-13-9-8-10-22(26)20-37(3)24-11-6-5-7-12-24/h8-10,13-19,24,30-31,36,38H,5-7,11-12,20H2,1-4H3,(H,35,39). The van der Waals surface area contributed by atoms with Gasteiger partial charge in [-0.15, -0.1) is 0 Å². The van der Waals surface area contributed by atoms with Crippen LogP contribution in [0.3, 0.4) is 0 Å². The van der Waals surface area contributed by atoms with Crippen LogP contribution in [-0.2, 0) is 16.6 Å². The van der Waals surface area contributed by atoms with Gasteiger partial charge in [0, 0.05) is 34.4 Å². The van der Waals surface area contributed by atoms with Crippen molar-refractivity contribution in [2.24, 2.45) is 0 Å². The number of hydrogen-bond donors (Lipinski definition) is 3. The van der Waals surface area contributed by atoms with E-state index in [0.29, 0.717) is 35.2 Å². The lowest BCUT2D eigenvalue weighted by Gasteiger charge is -2.42. The van der Waals surface area contributed by atoms with Gasteiger partial charge >= 0.3 is 0 Å². The number of methoxy groups -OCH3 is 1. The fraction of sp³-hybridized carbons (Fsp3) is 0.424. The highest BCUT2D eigenvalue weighted by atomic mass is 35.5. The lowest BCUT2D eigenvalue weighted by molar-refractivity contribution is -0.0603. The normalized spacial score (nSPS) is 20.1. The van der Waals surface area contributed by atoms with Crippen molar-refractivity contribution >= 4 is 33.2 Å². The minimum absolute atomic E-state index is 0.101. The number of rotatable bonds is 9. The molecule has 1 aliphatic heterocycles. The van der Waals surface area contributed by atoms with E-state index in [-0.39, 0.29) is 21.6 Å². The molecular weight excluding hydrogens is 602 g/mol. The molecule has 0 aromatic heterocycles. The maximum atomic E-state index is 13.6. The summed E-state index contributed by atoms with van der Waals surface area (Å²) in [5.41, 5.74) is 1.21. The van der Waals surface area contributed by atoms with Crippen molar-refractivity contribution in [2.75, 3.05) is 19.5 Å². The molecule has 3 N–H and O–H groups in total. The molecule has 9 nitrogen and oxygen atoms in total. The van der Waals surface area contributed by atoms with Crippen molar-refractivity contribution in [1.29, 1.82) is 0 Å². The zero-order valence-corrected chi connectivity index (χ0v) is 27.0. The number of hydrogen-bond acceptors (Lipinski definition) is 7. The predicted molar refractivity (Wildman–Crippen MR) is 171 cm³/mol. The molecule has 44 heavy (non-hydrogen) atoms. The van der Waals surface area contributed by atoms with E-state index in [1.54, 1.807) is 32.0 Å². The van der Waals surface area contributed by atoms with Crippen LogP contribution in [0, 0.1) is 0 Å². The average Bonchev–Trinajstić information content (AvgIpc) is 3.00. The van der Waals surface area contributed by atoms with E-state index in [4.69, 9.17) is 21.1 Å². The summed E-state index contributed by atoms with van der Waals surface area (Å²) in [7, 11) is -0.747. The van der Waals surface area contributed by atoms with Crippen LogP contribution in [-0.4, -0.2) is 56.2 Å². The summed E-state index contributed by atoms with van der Waals surface area (Å²) in [5, 5.41) is 14.6. The highest BCUT2D eigenvalue weighted by Crippen LogP contribution is 2.42. The van der Waals surface area contributed by atoms with E-state index in [1.165, 1.54) is 57.4 Å². The molecule has 236 valence electrons. The Kier molecular flexibility index (Phi) is 9.58. The Morgan fingerprint density at radius 1 is 1.09 bits per heavy atom. The zero-order valence-electron chi connectivity index (χ0n) is 25.5. The van der Waals surface area contributed by atoms with Gasteiger partial charge < -0.3 is 19.9 Å². The van der Waals surface area contributed by atoms with Crippen molar-refractivity contribution in [3.05, 3.63) is 82.4 Å². The minimum Gasteiger partial charge on any atom is -0.495 e. The highest BCUT2D eigenvalue weighted by molar-refractivity contribution is 7.89. The summed E-state index contributed by atoms with van der Waals surface area (Å²) < 4.78 is 41.2. The van der Waals surface area contributed by atoms with Crippen LogP contribution < -0.4 is 19.5 Å². The molecule has 1 amide bonds. The van der Waals surface area contributed by atoms with E-state index in [0.717, 1.165) is 5.56 Å². The number of benzene rings is 3. The summed E-state index contributed by atoms with van der Waals surface area (Å²) in [5.74, 6) is 0.0963. The number of ether oxygens (including phenoxy) is 2. The summed E-state index contributed by atoms with van der Waals surface area (Å²) in [4.78, 5) is 15.8. The molecule has 3 aromatic rings.